The molecule has 7 heteroatoms. The number of benzene rings is 2. The number of halogens is 1. The van der Waals surface area contributed by atoms with Crippen LogP contribution in [0.3, 0.4) is 0 Å². The summed E-state index contributed by atoms with van der Waals surface area (Å²) in [4.78, 5) is 29.9. The van der Waals surface area contributed by atoms with E-state index in [0.717, 1.165) is 48.6 Å². The molecule has 0 unspecified atom stereocenters. The maximum atomic E-state index is 12.8. The van der Waals surface area contributed by atoms with Crippen LogP contribution in [0.25, 0.3) is 5.57 Å². The molecule has 1 saturated heterocycles. The van der Waals surface area contributed by atoms with Crippen molar-refractivity contribution >= 4 is 40.3 Å². The molecular formula is C29H32ClN3O2S. The van der Waals surface area contributed by atoms with E-state index in [2.05, 4.69) is 4.90 Å². The zero-order valence-corrected chi connectivity index (χ0v) is 22.4. The molecular weight excluding hydrogens is 490 g/mol. The molecule has 0 bridgehead atoms. The molecule has 0 aliphatic carbocycles. The molecule has 1 aromatic heterocycles. The Balaban J connectivity index is 1.63. The lowest BCUT2D eigenvalue weighted by Gasteiger charge is -2.30. The largest absolute Gasteiger partial charge is 0.366 e. The highest BCUT2D eigenvalue weighted by molar-refractivity contribution is 7.10. The Kier molecular flexibility index (Phi) is 8.62. The number of primary amides is 1. The first-order chi connectivity index (χ1) is 17.4. The standard InChI is InChI=1S/C29H32ClN3O2S/c1-3-33(4-2)29(35)24-11-7-21(8-12-24)27(20-5-9-23(10-6-20)28(31)34)22-13-16-32(17-14-22)19-26-25(30)15-18-36-26/h5-12,15,18H,3-4,13-14,16-17,19H2,1-2H3,(H2,31,34). The number of thiophene rings is 1. The molecule has 2 N–H and O–H groups in total. The highest BCUT2D eigenvalue weighted by atomic mass is 35.5. The summed E-state index contributed by atoms with van der Waals surface area (Å²) < 4.78 is 0. The second-order valence-corrected chi connectivity index (χ2v) is 10.4. The van der Waals surface area contributed by atoms with E-state index >= 15 is 0 Å². The SMILES string of the molecule is CCN(CC)C(=O)c1ccc(C(=C2CCN(Cc3sccc3Cl)CC2)c2ccc(C(N)=O)cc2)cc1. The number of amides is 2. The lowest BCUT2D eigenvalue weighted by atomic mass is 9.87. The van der Waals surface area contributed by atoms with E-state index in [1.165, 1.54) is 16.0 Å². The van der Waals surface area contributed by atoms with Crippen LogP contribution in [0.5, 0.6) is 0 Å². The number of piperidine rings is 1. The van der Waals surface area contributed by atoms with Gasteiger partial charge in [-0.2, -0.15) is 0 Å². The Morgan fingerprint density at radius 1 is 0.889 bits per heavy atom. The van der Waals surface area contributed by atoms with Crippen molar-refractivity contribution in [3.8, 4) is 0 Å². The van der Waals surface area contributed by atoms with E-state index in [0.29, 0.717) is 24.2 Å². The van der Waals surface area contributed by atoms with E-state index in [-0.39, 0.29) is 5.91 Å². The number of carbonyl (C=O) groups is 2. The highest BCUT2D eigenvalue weighted by Gasteiger charge is 2.21. The van der Waals surface area contributed by atoms with Crippen LogP contribution >= 0.6 is 22.9 Å². The van der Waals surface area contributed by atoms with Crippen molar-refractivity contribution in [3.05, 3.63) is 97.7 Å². The fourth-order valence-electron chi connectivity index (χ4n) is 4.72. The first-order valence-electron chi connectivity index (χ1n) is 12.4. The average Bonchev–Trinajstić information content (AvgIpc) is 3.30. The zero-order valence-electron chi connectivity index (χ0n) is 20.8. The smallest absolute Gasteiger partial charge is 0.253 e. The van der Waals surface area contributed by atoms with Gasteiger partial charge in [0.05, 0.1) is 5.02 Å². The third-order valence-corrected chi connectivity index (χ3v) is 8.17. The van der Waals surface area contributed by atoms with Gasteiger partial charge in [-0.1, -0.05) is 41.4 Å². The molecule has 2 aromatic carbocycles. The number of rotatable bonds is 8. The molecule has 0 saturated carbocycles. The Hall–Kier alpha value is -2.93. The molecule has 1 aliphatic rings. The van der Waals surface area contributed by atoms with Crippen molar-refractivity contribution in [3.63, 3.8) is 0 Å². The molecule has 188 valence electrons. The van der Waals surface area contributed by atoms with Crippen molar-refractivity contribution in [1.29, 1.82) is 0 Å². The van der Waals surface area contributed by atoms with Gasteiger partial charge in [-0.3, -0.25) is 14.5 Å². The van der Waals surface area contributed by atoms with Gasteiger partial charge in [0.1, 0.15) is 0 Å². The van der Waals surface area contributed by atoms with Crippen LogP contribution < -0.4 is 5.73 Å². The molecule has 36 heavy (non-hydrogen) atoms. The van der Waals surface area contributed by atoms with Crippen LogP contribution in [-0.2, 0) is 6.54 Å². The predicted molar refractivity (Wildman–Crippen MR) is 149 cm³/mol. The van der Waals surface area contributed by atoms with Crippen LogP contribution in [0.4, 0.5) is 0 Å². The summed E-state index contributed by atoms with van der Waals surface area (Å²) in [6, 6.07) is 17.4. The molecule has 2 amide bonds. The zero-order chi connectivity index (χ0) is 25.7. The van der Waals surface area contributed by atoms with Gasteiger partial charge in [0, 0.05) is 48.7 Å². The van der Waals surface area contributed by atoms with Gasteiger partial charge >= 0.3 is 0 Å². The van der Waals surface area contributed by atoms with E-state index in [1.807, 2.05) is 66.6 Å². The van der Waals surface area contributed by atoms with Crippen molar-refractivity contribution in [2.75, 3.05) is 26.2 Å². The lowest BCUT2D eigenvalue weighted by molar-refractivity contribution is 0.0772. The van der Waals surface area contributed by atoms with Gasteiger partial charge in [0.25, 0.3) is 5.91 Å². The molecule has 2 heterocycles. The maximum absolute atomic E-state index is 12.8. The minimum atomic E-state index is -0.435. The van der Waals surface area contributed by atoms with Crippen LogP contribution in [0.15, 0.2) is 65.6 Å². The number of carbonyl (C=O) groups excluding carboxylic acids is 2. The summed E-state index contributed by atoms with van der Waals surface area (Å²) in [6.07, 6.45) is 1.88. The molecule has 5 nitrogen and oxygen atoms in total. The van der Waals surface area contributed by atoms with Gasteiger partial charge in [0.15, 0.2) is 0 Å². The summed E-state index contributed by atoms with van der Waals surface area (Å²) in [7, 11) is 0. The summed E-state index contributed by atoms with van der Waals surface area (Å²) >= 11 is 8.02. The topological polar surface area (TPSA) is 66.6 Å². The van der Waals surface area contributed by atoms with E-state index in [4.69, 9.17) is 17.3 Å². The second kappa shape index (κ2) is 11.9. The molecule has 0 spiro atoms. The van der Waals surface area contributed by atoms with Gasteiger partial charge in [-0.05, 0) is 79.1 Å². The number of hydrogen-bond acceptors (Lipinski definition) is 4. The number of nitrogens with zero attached hydrogens (tertiary/aromatic N) is 2. The summed E-state index contributed by atoms with van der Waals surface area (Å²) in [5.74, 6) is -0.386. The van der Waals surface area contributed by atoms with E-state index in [9.17, 15) is 9.59 Å². The fraction of sp³-hybridized carbons (Fsp3) is 0.310. The monoisotopic (exact) mass is 521 g/mol. The minimum Gasteiger partial charge on any atom is -0.366 e. The van der Waals surface area contributed by atoms with Crippen molar-refractivity contribution in [2.45, 2.75) is 33.2 Å². The molecule has 4 rings (SSSR count). The lowest BCUT2D eigenvalue weighted by Crippen LogP contribution is -2.30. The quantitative estimate of drug-likeness (QED) is 0.390. The molecule has 0 radical (unpaired) electrons. The Labute approximate surface area is 222 Å². The third-order valence-electron chi connectivity index (χ3n) is 6.80. The van der Waals surface area contributed by atoms with Gasteiger partial charge in [0.2, 0.25) is 5.91 Å². The van der Waals surface area contributed by atoms with E-state index < -0.39 is 5.91 Å². The van der Waals surface area contributed by atoms with Gasteiger partial charge in [-0.15, -0.1) is 11.3 Å². The average molecular weight is 522 g/mol. The van der Waals surface area contributed by atoms with Crippen LogP contribution in [0.1, 0.15) is 63.4 Å². The molecule has 1 aliphatic heterocycles. The molecule has 3 aromatic rings. The highest BCUT2D eigenvalue weighted by Crippen LogP contribution is 2.34. The summed E-state index contributed by atoms with van der Waals surface area (Å²) in [6.45, 7) is 8.13. The summed E-state index contributed by atoms with van der Waals surface area (Å²) in [5, 5.41) is 2.88. The number of hydrogen-bond donors (Lipinski definition) is 1. The number of likely N-dealkylation sites (tertiary alicyclic amines) is 1. The van der Waals surface area contributed by atoms with Crippen molar-refractivity contribution < 1.29 is 9.59 Å². The Morgan fingerprint density at radius 3 is 1.89 bits per heavy atom. The van der Waals surface area contributed by atoms with Crippen molar-refractivity contribution in [2.24, 2.45) is 5.73 Å². The predicted octanol–water partition coefficient (Wildman–Crippen LogP) is 6.08. The minimum absolute atomic E-state index is 0.0483. The molecule has 0 atom stereocenters. The molecule has 1 fully saturated rings. The van der Waals surface area contributed by atoms with Crippen LogP contribution in [0, 0.1) is 0 Å². The summed E-state index contributed by atoms with van der Waals surface area (Å²) in [5.41, 5.74) is 11.3. The second-order valence-electron chi connectivity index (χ2n) is 8.94. The van der Waals surface area contributed by atoms with Gasteiger partial charge in [-0.25, -0.2) is 0 Å². The first-order valence-corrected chi connectivity index (χ1v) is 13.6. The van der Waals surface area contributed by atoms with Crippen LogP contribution in [-0.4, -0.2) is 47.8 Å². The van der Waals surface area contributed by atoms with Crippen molar-refractivity contribution in [1.82, 2.24) is 9.80 Å². The maximum Gasteiger partial charge on any atom is 0.253 e. The normalized spacial score (nSPS) is 14.0. The third kappa shape index (κ3) is 5.89. The Morgan fingerprint density at radius 2 is 1.42 bits per heavy atom. The fourth-order valence-corrected chi connectivity index (χ4v) is 5.86. The Bertz CT molecular complexity index is 1230. The first kappa shape index (κ1) is 26.1. The van der Waals surface area contributed by atoms with Crippen LogP contribution in [0.2, 0.25) is 5.02 Å². The van der Waals surface area contributed by atoms with Gasteiger partial charge < -0.3 is 10.6 Å². The number of nitrogens with two attached hydrogens (primary N) is 1. The van der Waals surface area contributed by atoms with E-state index in [1.54, 1.807) is 23.5 Å².